The fourth-order valence-electron chi connectivity index (χ4n) is 2.88. The van der Waals surface area contributed by atoms with E-state index in [9.17, 15) is 4.79 Å². The van der Waals surface area contributed by atoms with E-state index in [0.717, 1.165) is 27.2 Å². The van der Waals surface area contributed by atoms with Gasteiger partial charge in [0.2, 0.25) is 0 Å². The van der Waals surface area contributed by atoms with E-state index in [1.807, 2.05) is 18.2 Å². The monoisotopic (exact) mass is 375 g/mol. The number of benzene rings is 2. The van der Waals surface area contributed by atoms with Crippen molar-refractivity contribution < 1.29 is 9.90 Å². The van der Waals surface area contributed by atoms with Crippen molar-refractivity contribution in [2.75, 3.05) is 5.32 Å². The summed E-state index contributed by atoms with van der Waals surface area (Å²) >= 11 is 1.58. The molecule has 2 heterocycles. The van der Waals surface area contributed by atoms with Gasteiger partial charge < -0.3 is 10.4 Å². The lowest BCUT2D eigenvalue weighted by Crippen LogP contribution is -2.04. The number of aromatic nitrogens is 2. The van der Waals surface area contributed by atoms with Gasteiger partial charge in [-0.2, -0.15) is 0 Å². The highest BCUT2D eigenvalue weighted by Crippen LogP contribution is 2.32. The van der Waals surface area contributed by atoms with Crippen LogP contribution in [0.5, 0.6) is 0 Å². The summed E-state index contributed by atoms with van der Waals surface area (Å²) in [6, 6.07) is 16.8. The molecule has 4 aromatic rings. The van der Waals surface area contributed by atoms with Crippen LogP contribution in [0.1, 0.15) is 21.5 Å². The van der Waals surface area contributed by atoms with E-state index in [-0.39, 0.29) is 5.56 Å². The number of carboxylic acid groups (broad SMARTS) is 1. The molecule has 0 atom stereocenters. The van der Waals surface area contributed by atoms with Gasteiger partial charge >= 0.3 is 5.97 Å². The minimum atomic E-state index is -0.947. The predicted molar refractivity (Wildman–Crippen MR) is 108 cm³/mol. The Kier molecular flexibility index (Phi) is 4.56. The predicted octanol–water partition coefficient (Wildman–Crippen LogP) is 4.98. The van der Waals surface area contributed by atoms with Crippen LogP contribution < -0.4 is 5.32 Å². The normalized spacial score (nSPS) is 10.9. The van der Waals surface area contributed by atoms with Gasteiger partial charge in [-0.3, -0.25) is 0 Å². The summed E-state index contributed by atoms with van der Waals surface area (Å²) < 4.78 is 0. The van der Waals surface area contributed by atoms with E-state index in [2.05, 4.69) is 34.7 Å². The van der Waals surface area contributed by atoms with Gasteiger partial charge in [0.05, 0.1) is 10.9 Å². The number of thiophene rings is 1. The van der Waals surface area contributed by atoms with Crippen LogP contribution in [-0.4, -0.2) is 21.0 Å². The zero-order chi connectivity index (χ0) is 18.8. The van der Waals surface area contributed by atoms with Crippen molar-refractivity contribution in [3.05, 3.63) is 76.7 Å². The molecule has 134 valence electrons. The molecule has 6 heteroatoms. The first-order valence-electron chi connectivity index (χ1n) is 8.49. The van der Waals surface area contributed by atoms with Crippen molar-refractivity contribution in [3.63, 3.8) is 0 Å². The third-order valence-corrected chi connectivity index (χ3v) is 5.30. The first-order chi connectivity index (χ1) is 13.1. The lowest BCUT2D eigenvalue weighted by atomic mass is 10.1. The van der Waals surface area contributed by atoms with Crippen molar-refractivity contribution in [1.29, 1.82) is 0 Å². The quantitative estimate of drug-likeness (QED) is 0.515. The smallest absolute Gasteiger partial charge is 0.335 e. The molecule has 0 fully saturated rings. The van der Waals surface area contributed by atoms with E-state index in [0.29, 0.717) is 12.4 Å². The highest BCUT2D eigenvalue weighted by atomic mass is 32.1. The van der Waals surface area contributed by atoms with Crippen LogP contribution >= 0.6 is 11.3 Å². The molecule has 0 unspecified atom stereocenters. The molecular formula is C21H17N3O2S. The average molecular weight is 375 g/mol. The SMILES string of the molecule is Cc1csc2nc(-c3ccc(C(=O)O)cc3)nc(NCc3ccccc3)c12. The zero-order valence-corrected chi connectivity index (χ0v) is 15.5. The fraction of sp³-hybridized carbons (Fsp3) is 0.0952. The zero-order valence-electron chi connectivity index (χ0n) is 14.6. The molecule has 2 N–H and O–H groups in total. The summed E-state index contributed by atoms with van der Waals surface area (Å²) in [5.74, 6) is 0.425. The molecule has 0 bridgehead atoms. The average Bonchev–Trinajstić information content (AvgIpc) is 3.08. The molecule has 2 aromatic carbocycles. The number of nitrogens with one attached hydrogen (secondary N) is 1. The van der Waals surface area contributed by atoms with E-state index in [1.165, 1.54) is 5.56 Å². The molecule has 0 radical (unpaired) electrons. The summed E-state index contributed by atoms with van der Waals surface area (Å²) in [6.07, 6.45) is 0. The number of aryl methyl sites for hydroxylation is 1. The van der Waals surface area contributed by atoms with E-state index in [1.54, 1.807) is 35.6 Å². The Labute approximate surface area is 160 Å². The number of fused-ring (bicyclic) bond motifs is 1. The van der Waals surface area contributed by atoms with E-state index in [4.69, 9.17) is 10.1 Å². The van der Waals surface area contributed by atoms with Gasteiger partial charge in [-0.15, -0.1) is 11.3 Å². The Bertz CT molecular complexity index is 1110. The Balaban J connectivity index is 1.73. The highest BCUT2D eigenvalue weighted by molar-refractivity contribution is 7.17. The van der Waals surface area contributed by atoms with E-state index >= 15 is 0 Å². The maximum atomic E-state index is 11.1. The van der Waals surface area contributed by atoms with Gasteiger partial charge in [-0.25, -0.2) is 14.8 Å². The van der Waals surface area contributed by atoms with Gasteiger partial charge in [0, 0.05) is 12.1 Å². The number of carboxylic acids is 1. The molecule has 0 saturated heterocycles. The molecule has 27 heavy (non-hydrogen) atoms. The Morgan fingerprint density at radius 2 is 1.81 bits per heavy atom. The molecule has 0 aliphatic carbocycles. The van der Waals surface area contributed by atoms with Crippen molar-refractivity contribution in [1.82, 2.24) is 9.97 Å². The van der Waals surface area contributed by atoms with Crippen LogP contribution in [0.4, 0.5) is 5.82 Å². The second-order valence-corrected chi connectivity index (χ2v) is 7.07. The minimum Gasteiger partial charge on any atom is -0.478 e. The number of nitrogens with zero attached hydrogens (tertiary/aromatic N) is 2. The Morgan fingerprint density at radius 3 is 2.52 bits per heavy atom. The third kappa shape index (κ3) is 3.52. The largest absolute Gasteiger partial charge is 0.478 e. The summed E-state index contributed by atoms with van der Waals surface area (Å²) in [4.78, 5) is 21.4. The van der Waals surface area contributed by atoms with E-state index < -0.39 is 5.97 Å². The first kappa shape index (κ1) is 17.2. The summed E-state index contributed by atoms with van der Waals surface area (Å²) in [5.41, 5.74) is 3.34. The molecule has 2 aromatic heterocycles. The summed E-state index contributed by atoms with van der Waals surface area (Å²) in [6.45, 7) is 2.72. The second-order valence-electron chi connectivity index (χ2n) is 6.22. The fourth-order valence-corrected chi connectivity index (χ4v) is 3.81. The van der Waals surface area contributed by atoms with Gasteiger partial charge in [-0.05, 0) is 35.6 Å². The van der Waals surface area contributed by atoms with Crippen molar-refractivity contribution in [2.45, 2.75) is 13.5 Å². The summed E-state index contributed by atoms with van der Waals surface area (Å²) in [5, 5.41) is 15.6. The van der Waals surface area contributed by atoms with Crippen molar-refractivity contribution in [2.24, 2.45) is 0 Å². The van der Waals surface area contributed by atoms with Crippen LogP contribution in [0.2, 0.25) is 0 Å². The minimum absolute atomic E-state index is 0.245. The molecule has 0 spiro atoms. The summed E-state index contributed by atoms with van der Waals surface area (Å²) in [7, 11) is 0. The molecule has 5 nitrogen and oxygen atoms in total. The van der Waals surface area contributed by atoms with Gasteiger partial charge in [0.25, 0.3) is 0 Å². The van der Waals surface area contributed by atoms with Gasteiger partial charge in [-0.1, -0.05) is 42.5 Å². The number of rotatable bonds is 5. The molecule has 0 aliphatic heterocycles. The number of hydrogen-bond donors (Lipinski definition) is 2. The topological polar surface area (TPSA) is 75.1 Å². The molecule has 0 saturated carbocycles. The number of anilines is 1. The maximum Gasteiger partial charge on any atom is 0.335 e. The molecule has 4 rings (SSSR count). The second kappa shape index (κ2) is 7.17. The third-order valence-electron chi connectivity index (χ3n) is 4.31. The highest BCUT2D eigenvalue weighted by Gasteiger charge is 2.13. The van der Waals surface area contributed by atoms with Crippen LogP contribution in [0.15, 0.2) is 60.0 Å². The van der Waals surface area contributed by atoms with Crippen molar-refractivity contribution in [3.8, 4) is 11.4 Å². The van der Waals surface area contributed by atoms with Gasteiger partial charge in [0.1, 0.15) is 10.6 Å². The lowest BCUT2D eigenvalue weighted by Gasteiger charge is -2.10. The van der Waals surface area contributed by atoms with Crippen LogP contribution in [-0.2, 0) is 6.54 Å². The number of aromatic carboxylic acids is 1. The van der Waals surface area contributed by atoms with Gasteiger partial charge in [0.15, 0.2) is 5.82 Å². The number of hydrogen-bond acceptors (Lipinski definition) is 5. The Hall–Kier alpha value is -3.25. The van der Waals surface area contributed by atoms with Crippen LogP contribution in [0.25, 0.3) is 21.6 Å². The maximum absolute atomic E-state index is 11.1. The molecule has 0 amide bonds. The number of carbonyl (C=O) groups is 1. The molecular weight excluding hydrogens is 358 g/mol. The van der Waals surface area contributed by atoms with Crippen LogP contribution in [0.3, 0.4) is 0 Å². The lowest BCUT2D eigenvalue weighted by molar-refractivity contribution is 0.0697. The standard InChI is InChI=1S/C21H17N3O2S/c1-13-12-27-20-17(13)19(22-11-14-5-3-2-4-6-14)23-18(24-20)15-7-9-16(10-8-15)21(25)26/h2-10,12H,11H2,1H3,(H,25,26)(H,22,23,24). The van der Waals surface area contributed by atoms with Crippen molar-refractivity contribution >= 4 is 33.3 Å². The first-order valence-corrected chi connectivity index (χ1v) is 9.37. The Morgan fingerprint density at radius 1 is 1.07 bits per heavy atom. The van der Waals surface area contributed by atoms with Crippen LogP contribution in [0, 0.1) is 6.92 Å². The molecule has 0 aliphatic rings.